The molecule has 3 N–H and O–H groups in total. The van der Waals surface area contributed by atoms with Gasteiger partial charge in [-0.25, -0.2) is 0 Å². The first-order valence-electron chi connectivity index (χ1n) is 9.13. The molecule has 148 valence electrons. The van der Waals surface area contributed by atoms with Gasteiger partial charge in [-0.1, -0.05) is 24.4 Å². The number of amides is 3. The van der Waals surface area contributed by atoms with Gasteiger partial charge in [0.1, 0.15) is 5.69 Å². The van der Waals surface area contributed by atoms with Crippen LogP contribution in [0.4, 0.5) is 0 Å². The molecule has 0 fully saturated rings. The monoisotopic (exact) mass is 420 g/mol. The number of carbonyl (C=O) groups is 3. The number of aromatic nitrogens is 1. The summed E-state index contributed by atoms with van der Waals surface area (Å²) < 4.78 is 0. The number of rotatable bonds is 4. The summed E-state index contributed by atoms with van der Waals surface area (Å²) in [5.74, 6) is -1.42. The van der Waals surface area contributed by atoms with E-state index in [0.717, 1.165) is 25.7 Å². The quantitative estimate of drug-likeness (QED) is 0.662. The highest BCUT2D eigenvalue weighted by molar-refractivity contribution is 7.14. The fraction of sp³-hybridized carbons (Fsp3) is 0.368. The van der Waals surface area contributed by atoms with E-state index in [-0.39, 0.29) is 18.1 Å². The predicted octanol–water partition coefficient (Wildman–Crippen LogP) is 2.65. The van der Waals surface area contributed by atoms with E-state index in [1.165, 1.54) is 46.9 Å². The van der Waals surface area contributed by atoms with Crippen molar-refractivity contribution in [2.75, 3.05) is 6.54 Å². The summed E-state index contributed by atoms with van der Waals surface area (Å²) in [5, 5.41) is 2.80. The molecular weight excluding hydrogens is 400 g/mol. The fourth-order valence-electron chi connectivity index (χ4n) is 2.97. The molecule has 0 saturated carbocycles. The highest BCUT2D eigenvalue weighted by Gasteiger charge is 2.16. The Labute approximate surface area is 171 Å². The molecule has 0 atom stereocenters. The number of hydrogen-bond donors (Lipinski definition) is 3. The van der Waals surface area contributed by atoms with Crippen molar-refractivity contribution in [2.45, 2.75) is 38.5 Å². The first kappa shape index (κ1) is 20.3. The number of fused-ring (bicyclic) bond motifs is 1. The van der Waals surface area contributed by atoms with Crippen LogP contribution in [0.5, 0.6) is 0 Å². The van der Waals surface area contributed by atoms with Gasteiger partial charge in [-0.2, -0.15) is 0 Å². The zero-order valence-corrected chi connectivity index (χ0v) is 16.8. The Kier molecular flexibility index (Phi) is 7.00. The molecule has 0 bridgehead atoms. The Morgan fingerprint density at radius 1 is 1.04 bits per heavy atom. The molecule has 0 saturated heterocycles. The third-order valence-electron chi connectivity index (χ3n) is 4.40. The van der Waals surface area contributed by atoms with E-state index >= 15 is 0 Å². The SMILES string of the molecule is O=C(CNC(=O)c1cc(Cl)ccn1)NNC(=O)c1cc2c(s1)CCCCCC2. The van der Waals surface area contributed by atoms with Crippen LogP contribution in [0.1, 0.15) is 56.3 Å². The molecular formula is C19H21ClN4O3S. The van der Waals surface area contributed by atoms with Crippen LogP contribution in [0.3, 0.4) is 0 Å². The largest absolute Gasteiger partial charge is 0.342 e. The van der Waals surface area contributed by atoms with E-state index in [2.05, 4.69) is 21.2 Å². The number of halogens is 1. The molecule has 3 rings (SSSR count). The van der Waals surface area contributed by atoms with E-state index in [4.69, 9.17) is 11.6 Å². The Morgan fingerprint density at radius 3 is 2.61 bits per heavy atom. The van der Waals surface area contributed by atoms with E-state index < -0.39 is 11.8 Å². The molecule has 7 nitrogen and oxygen atoms in total. The number of pyridine rings is 1. The molecule has 0 aliphatic heterocycles. The molecule has 0 aromatic carbocycles. The number of carbonyl (C=O) groups excluding carboxylic acids is 3. The van der Waals surface area contributed by atoms with Crippen molar-refractivity contribution in [1.29, 1.82) is 0 Å². The highest BCUT2D eigenvalue weighted by Crippen LogP contribution is 2.28. The molecule has 0 unspecified atom stereocenters. The van der Waals surface area contributed by atoms with E-state index in [1.807, 2.05) is 6.07 Å². The zero-order chi connectivity index (χ0) is 19.9. The zero-order valence-electron chi connectivity index (χ0n) is 15.2. The third kappa shape index (κ3) is 5.53. The fourth-order valence-corrected chi connectivity index (χ4v) is 4.28. The summed E-state index contributed by atoms with van der Waals surface area (Å²) in [6.45, 7) is -0.297. The molecule has 0 radical (unpaired) electrons. The van der Waals surface area contributed by atoms with Crippen LogP contribution in [0.2, 0.25) is 5.02 Å². The topological polar surface area (TPSA) is 100 Å². The van der Waals surface area contributed by atoms with Gasteiger partial charge in [0.2, 0.25) is 0 Å². The Bertz CT molecular complexity index is 858. The summed E-state index contributed by atoms with van der Waals surface area (Å²) in [5.41, 5.74) is 6.06. The Hall–Kier alpha value is -2.45. The second-order valence-electron chi connectivity index (χ2n) is 6.52. The molecule has 0 spiro atoms. The smallest absolute Gasteiger partial charge is 0.279 e. The van der Waals surface area contributed by atoms with Crippen molar-refractivity contribution in [3.63, 3.8) is 0 Å². The van der Waals surface area contributed by atoms with E-state index in [9.17, 15) is 14.4 Å². The molecule has 1 aliphatic carbocycles. The molecule has 28 heavy (non-hydrogen) atoms. The van der Waals surface area contributed by atoms with Gasteiger partial charge in [0, 0.05) is 16.1 Å². The van der Waals surface area contributed by atoms with Crippen molar-refractivity contribution >= 4 is 40.7 Å². The first-order valence-corrected chi connectivity index (χ1v) is 10.3. The van der Waals surface area contributed by atoms with Crippen LogP contribution in [0, 0.1) is 0 Å². The minimum Gasteiger partial charge on any atom is -0.342 e. The van der Waals surface area contributed by atoms with E-state index in [1.54, 1.807) is 6.07 Å². The van der Waals surface area contributed by atoms with Crippen LogP contribution in [0.25, 0.3) is 0 Å². The van der Waals surface area contributed by atoms with Crippen LogP contribution in [-0.4, -0.2) is 29.3 Å². The summed E-state index contributed by atoms with van der Waals surface area (Å²) in [7, 11) is 0. The predicted molar refractivity (Wildman–Crippen MR) is 107 cm³/mol. The van der Waals surface area contributed by atoms with Crippen molar-refractivity contribution < 1.29 is 14.4 Å². The maximum Gasteiger partial charge on any atom is 0.279 e. The summed E-state index contributed by atoms with van der Waals surface area (Å²) in [4.78, 5) is 41.8. The molecule has 9 heteroatoms. The van der Waals surface area contributed by atoms with Gasteiger partial charge in [-0.15, -0.1) is 11.3 Å². The summed E-state index contributed by atoms with van der Waals surface area (Å²) in [6.07, 6.45) is 8.14. The van der Waals surface area contributed by atoms with Gasteiger partial charge in [0.05, 0.1) is 11.4 Å². The lowest BCUT2D eigenvalue weighted by molar-refractivity contribution is -0.120. The minimum atomic E-state index is -0.543. The average Bonchev–Trinajstić information content (AvgIpc) is 3.06. The molecule has 1 aliphatic rings. The maximum absolute atomic E-state index is 12.3. The van der Waals surface area contributed by atoms with Gasteiger partial charge < -0.3 is 5.32 Å². The van der Waals surface area contributed by atoms with Crippen LogP contribution < -0.4 is 16.2 Å². The van der Waals surface area contributed by atoms with Crippen molar-refractivity contribution in [3.8, 4) is 0 Å². The number of hydrogen-bond acceptors (Lipinski definition) is 5. The van der Waals surface area contributed by atoms with Gasteiger partial charge in [0.15, 0.2) is 0 Å². The average molecular weight is 421 g/mol. The lowest BCUT2D eigenvalue weighted by Crippen LogP contribution is -2.46. The summed E-state index contributed by atoms with van der Waals surface area (Å²) >= 11 is 7.29. The molecule has 2 aromatic heterocycles. The second kappa shape index (κ2) is 9.66. The molecule has 2 aromatic rings. The number of nitrogens with one attached hydrogen (secondary N) is 3. The first-order chi connectivity index (χ1) is 13.5. The third-order valence-corrected chi connectivity index (χ3v) is 5.87. The van der Waals surface area contributed by atoms with Crippen LogP contribution in [-0.2, 0) is 17.6 Å². The van der Waals surface area contributed by atoms with Crippen LogP contribution >= 0.6 is 22.9 Å². The van der Waals surface area contributed by atoms with Gasteiger partial charge in [0.25, 0.3) is 17.7 Å². The van der Waals surface area contributed by atoms with Crippen molar-refractivity contribution in [3.05, 3.63) is 50.4 Å². The normalized spacial score (nSPS) is 13.6. The number of hydrazine groups is 1. The van der Waals surface area contributed by atoms with Crippen molar-refractivity contribution in [2.24, 2.45) is 0 Å². The molecule has 3 amide bonds. The summed E-state index contributed by atoms with van der Waals surface area (Å²) in [6, 6.07) is 4.87. The van der Waals surface area contributed by atoms with Gasteiger partial charge in [-0.05, 0) is 49.4 Å². The highest BCUT2D eigenvalue weighted by atomic mass is 35.5. The lowest BCUT2D eigenvalue weighted by atomic mass is 10.00. The van der Waals surface area contributed by atoms with Crippen LogP contribution in [0.15, 0.2) is 24.4 Å². The number of nitrogens with zero attached hydrogens (tertiary/aromatic N) is 1. The lowest BCUT2D eigenvalue weighted by Gasteiger charge is -2.07. The maximum atomic E-state index is 12.3. The van der Waals surface area contributed by atoms with Gasteiger partial charge >= 0.3 is 0 Å². The Balaban J connectivity index is 1.47. The number of aryl methyl sites for hydroxylation is 2. The van der Waals surface area contributed by atoms with E-state index in [0.29, 0.717) is 9.90 Å². The molecule has 2 heterocycles. The van der Waals surface area contributed by atoms with Gasteiger partial charge in [-0.3, -0.25) is 30.2 Å². The second-order valence-corrected chi connectivity index (χ2v) is 8.09. The minimum absolute atomic E-state index is 0.111. The standard InChI is InChI=1S/C19H21ClN4O3S/c20-13-7-8-21-14(10-13)18(26)22-11-17(25)23-24-19(27)16-9-12-5-3-1-2-4-6-15(12)28-16/h7-10H,1-6,11H2,(H,22,26)(H,23,25)(H,24,27). The van der Waals surface area contributed by atoms with Crippen molar-refractivity contribution in [1.82, 2.24) is 21.2 Å². The number of thiophene rings is 1. The Morgan fingerprint density at radius 2 is 1.82 bits per heavy atom.